The second kappa shape index (κ2) is 10.5. The summed E-state index contributed by atoms with van der Waals surface area (Å²) < 4.78 is 0. The van der Waals surface area contributed by atoms with Crippen molar-refractivity contribution in [2.75, 3.05) is 0 Å². The van der Waals surface area contributed by atoms with Crippen molar-refractivity contribution < 1.29 is 85.4 Å². The molecule has 0 rings (SSSR count). The van der Waals surface area contributed by atoms with Crippen molar-refractivity contribution in [1.82, 2.24) is 0 Å². The Hall–Kier alpha value is -3.25. The van der Waals surface area contributed by atoms with Crippen molar-refractivity contribution in [1.29, 1.82) is 63.1 Å². The maximum Gasteiger partial charge on any atom is 2.00 e. The summed E-state index contributed by atoms with van der Waals surface area (Å²) in [4.78, 5) is 12.4. The van der Waals surface area contributed by atoms with Gasteiger partial charge in [0.2, 0.25) is 0 Å². The van der Waals surface area contributed by atoms with Crippen LogP contribution in [0.3, 0.4) is 0 Å². The molecule has 0 aromatic carbocycles. The maximum absolute atomic E-state index is 8.58. The fraction of sp³-hybridized carbons (Fsp3) is 0. The summed E-state index contributed by atoms with van der Waals surface area (Å²) in [6.45, 7) is 0. The van der Waals surface area contributed by atoms with Crippen LogP contribution in [-0.4, -0.2) is 5.48 Å². The average Bonchev–Trinajstić information content (AvgIpc) is 2.77. The summed E-state index contributed by atoms with van der Waals surface area (Å²) >= 11 is 0. The molecule has 0 amide bonds. The Bertz CT molecular complexity index is 896. The molecule has 0 saturated heterocycles. The van der Waals surface area contributed by atoms with Crippen LogP contribution in [0.4, 0.5) is 0 Å². The molecular formula is C12H2Fe2N12OZn3. The summed E-state index contributed by atoms with van der Waals surface area (Å²) in [5, 5.41) is 103. The summed E-state index contributed by atoms with van der Waals surface area (Å²) in [7, 11) is -12.3. The minimum atomic E-state index is -6.17. The molecule has 13 nitrogen and oxygen atoms in total. The molecule has 0 heterocycles. The molecule has 30 heavy (non-hydrogen) atoms. The molecule has 0 bridgehead atoms. The second-order valence-corrected chi connectivity index (χ2v) is 14.8. The van der Waals surface area contributed by atoms with Gasteiger partial charge < -0.3 is 5.48 Å². The van der Waals surface area contributed by atoms with Crippen LogP contribution in [0.5, 0.6) is 0 Å². The summed E-state index contributed by atoms with van der Waals surface area (Å²) in [6, 6.07) is 0. The fourth-order valence-electron chi connectivity index (χ4n) is 0.530. The Labute approximate surface area is 206 Å². The first-order chi connectivity index (χ1) is 11.9. The van der Waals surface area contributed by atoms with Gasteiger partial charge >= 0.3 is 203 Å². The smallest absolute Gasteiger partial charge is 0.412 e. The van der Waals surface area contributed by atoms with Crippen molar-refractivity contribution in [2.24, 2.45) is 0 Å². The van der Waals surface area contributed by atoms with Crippen molar-refractivity contribution in [3.63, 3.8) is 0 Å². The van der Waals surface area contributed by atoms with E-state index in [9.17, 15) is 0 Å². The van der Waals surface area contributed by atoms with Gasteiger partial charge in [-0.2, -0.15) is 0 Å². The van der Waals surface area contributed by atoms with Crippen molar-refractivity contribution in [3.05, 3.63) is 0 Å². The van der Waals surface area contributed by atoms with E-state index in [1.165, 1.54) is 0 Å². The standard InChI is InChI=1S/12CN.2Fe.H2O.3Zn/c12*1-2;;;;;;/h;;;;;;;;;;;;;;1H2;;;/q;;;;;;;;;;;;2*-3;;3*+2. The molecule has 0 aromatic rings. The van der Waals surface area contributed by atoms with Gasteiger partial charge in [-0.15, -0.1) is 0 Å². The van der Waals surface area contributed by atoms with Crippen molar-refractivity contribution in [2.45, 2.75) is 0 Å². The van der Waals surface area contributed by atoms with E-state index in [2.05, 4.69) is 0 Å². The largest absolute Gasteiger partial charge is 2.00 e. The second-order valence-electron chi connectivity index (χ2n) is 3.60. The zero-order chi connectivity index (χ0) is 21.3. The van der Waals surface area contributed by atoms with Crippen LogP contribution in [0.25, 0.3) is 0 Å². The van der Waals surface area contributed by atoms with Gasteiger partial charge in [0, 0.05) is 0 Å². The zero-order valence-corrected chi connectivity index (χ0v) is 25.8. The molecule has 0 saturated carbocycles. The molecule has 0 aliphatic carbocycles. The first-order valence-corrected chi connectivity index (χ1v) is 11.4. The van der Waals surface area contributed by atoms with Crippen LogP contribution in [0.2, 0.25) is 0 Å². The fourth-order valence-corrected chi connectivity index (χ4v) is 2.19. The normalized spacial score (nSPS) is 11.6. The van der Waals surface area contributed by atoms with E-state index in [0.717, 1.165) is 59.6 Å². The number of hydrogen-bond donors (Lipinski definition) is 0. The van der Waals surface area contributed by atoms with Crippen molar-refractivity contribution in [3.8, 4) is 59.6 Å². The molecular weight excluding hydrogens is 636 g/mol. The van der Waals surface area contributed by atoms with E-state index >= 15 is 0 Å². The SMILES string of the molecule is N#[C][Fe-3]([C]#N)([C]#N)([C]#N)([C]#N)[C]#N.N#[C][Fe-3]([C]#N)([C]#N)([C]#N)([C]#N)[C]#N.O.[Zn+2].[Zn+2].[Zn+2]. The minimum absolute atomic E-state index is 0. The van der Waals surface area contributed by atoms with Gasteiger partial charge in [-0.3, -0.25) is 0 Å². The van der Waals surface area contributed by atoms with E-state index in [0.29, 0.717) is 0 Å². The van der Waals surface area contributed by atoms with E-state index in [-0.39, 0.29) is 63.9 Å². The van der Waals surface area contributed by atoms with Gasteiger partial charge in [0.15, 0.2) is 0 Å². The van der Waals surface area contributed by atoms with Gasteiger partial charge in [0.25, 0.3) is 0 Å². The van der Waals surface area contributed by atoms with Crippen LogP contribution in [0.1, 0.15) is 0 Å². The molecule has 0 aliphatic heterocycles. The number of hydrogen-bond acceptors (Lipinski definition) is 12. The molecule has 0 fully saturated rings. The third-order valence-electron chi connectivity index (χ3n) is 2.37. The van der Waals surface area contributed by atoms with Crippen molar-refractivity contribution >= 4 is 0 Å². The van der Waals surface area contributed by atoms with Crippen LogP contribution in [-0.2, 0) is 79.9 Å². The summed E-state index contributed by atoms with van der Waals surface area (Å²) in [6.07, 6.45) is 0. The molecule has 0 radical (unpaired) electrons. The monoisotopic (exact) mass is 634 g/mol. The number of nitrogens with zero attached hydrogens (tertiary/aromatic N) is 12. The van der Waals surface area contributed by atoms with E-state index in [1.54, 1.807) is 0 Å². The van der Waals surface area contributed by atoms with E-state index in [1.807, 2.05) is 0 Å². The molecule has 0 aliphatic rings. The van der Waals surface area contributed by atoms with Crippen LogP contribution in [0.15, 0.2) is 0 Å². The van der Waals surface area contributed by atoms with Crippen LogP contribution < -0.4 is 0 Å². The molecule has 0 unspecified atom stereocenters. The minimum Gasteiger partial charge on any atom is -0.412 e. The average molecular weight is 638 g/mol. The van der Waals surface area contributed by atoms with Gasteiger partial charge in [0.1, 0.15) is 0 Å². The van der Waals surface area contributed by atoms with E-state index < -0.39 is 21.5 Å². The Balaban J connectivity index is -0.0000000847. The van der Waals surface area contributed by atoms with Crippen LogP contribution in [0, 0.1) is 123 Å². The molecule has 2 N–H and O–H groups in total. The first kappa shape index (κ1) is 41.2. The van der Waals surface area contributed by atoms with Gasteiger partial charge in [-0.25, -0.2) is 0 Å². The first-order valence-electron chi connectivity index (χ1n) is 4.80. The van der Waals surface area contributed by atoms with Gasteiger partial charge in [-0.1, -0.05) is 0 Å². The zero-order valence-electron chi connectivity index (χ0n) is 14.7. The topological polar surface area (TPSA) is 317 Å². The van der Waals surface area contributed by atoms with E-state index in [4.69, 9.17) is 63.1 Å². The summed E-state index contributed by atoms with van der Waals surface area (Å²) in [5.41, 5.74) is 0. The number of rotatable bonds is 0. The quantitative estimate of drug-likeness (QED) is 0.299. The molecule has 138 valence electrons. The van der Waals surface area contributed by atoms with Crippen LogP contribution >= 0.6 is 0 Å². The third-order valence-corrected chi connectivity index (χ3v) is 9.78. The Kier molecular flexibility index (Phi) is 14.4. The predicted octanol–water partition coefficient (Wildman–Crippen LogP) is -0.636. The molecule has 0 aromatic heterocycles. The molecule has 18 heteroatoms. The van der Waals surface area contributed by atoms with Gasteiger partial charge in [-0.05, 0) is 0 Å². The Morgan fingerprint density at radius 1 is 0.267 bits per heavy atom. The number of nitriles is 12. The Morgan fingerprint density at radius 2 is 0.333 bits per heavy atom. The predicted molar refractivity (Wildman–Crippen MR) is 71.0 cm³/mol. The summed E-state index contributed by atoms with van der Waals surface area (Å²) in [5.74, 6) is 0. The molecule has 0 atom stereocenters. The Morgan fingerprint density at radius 3 is 0.333 bits per heavy atom. The van der Waals surface area contributed by atoms with Gasteiger partial charge in [0.05, 0.1) is 0 Å². The third kappa shape index (κ3) is 4.33. The maximum atomic E-state index is 8.58. The molecule has 0 spiro atoms.